The van der Waals surface area contributed by atoms with Crippen LogP contribution in [0.3, 0.4) is 0 Å². The number of rotatable bonds is 4. The van der Waals surface area contributed by atoms with Crippen molar-refractivity contribution in [1.29, 1.82) is 0 Å². The van der Waals surface area contributed by atoms with Crippen LogP contribution in [0.4, 0.5) is 4.79 Å². The van der Waals surface area contributed by atoms with Crippen molar-refractivity contribution >= 4 is 22.8 Å². The molecule has 0 saturated carbocycles. The maximum Gasteiger partial charge on any atom is 0.417 e. The van der Waals surface area contributed by atoms with E-state index in [-0.39, 0.29) is 18.4 Å². The Morgan fingerprint density at radius 1 is 1.00 bits per heavy atom. The van der Waals surface area contributed by atoms with Gasteiger partial charge in [0.15, 0.2) is 0 Å². The fourth-order valence-electron chi connectivity index (χ4n) is 4.29. The Hall–Kier alpha value is -3.14. The molecule has 1 fully saturated rings. The molecule has 2 amide bonds. The van der Waals surface area contributed by atoms with Gasteiger partial charge in [-0.1, -0.05) is 71.8 Å². The molecule has 0 bridgehead atoms. The lowest BCUT2D eigenvalue weighted by Gasteiger charge is -2.20. The molecule has 29 heavy (non-hydrogen) atoms. The van der Waals surface area contributed by atoms with Crippen LogP contribution in [0.1, 0.15) is 41.7 Å². The van der Waals surface area contributed by atoms with Gasteiger partial charge in [0.1, 0.15) is 6.10 Å². The highest BCUT2D eigenvalue weighted by atomic mass is 16.6. The highest BCUT2D eigenvalue weighted by Gasteiger charge is 2.43. The minimum absolute atomic E-state index is 0.192. The van der Waals surface area contributed by atoms with E-state index < -0.39 is 12.2 Å². The van der Waals surface area contributed by atoms with Gasteiger partial charge >= 0.3 is 6.09 Å². The van der Waals surface area contributed by atoms with Gasteiger partial charge in [-0.3, -0.25) is 4.79 Å². The highest BCUT2D eigenvalue weighted by molar-refractivity contribution is 5.94. The number of aryl methyl sites for hydroxylation is 3. The fraction of sp³-hybridized carbons (Fsp3) is 0.280. The van der Waals surface area contributed by atoms with Gasteiger partial charge in [-0.05, 0) is 49.1 Å². The maximum atomic E-state index is 12.9. The van der Waals surface area contributed by atoms with Gasteiger partial charge in [0.05, 0.1) is 6.04 Å². The third kappa shape index (κ3) is 3.75. The first-order valence-corrected chi connectivity index (χ1v) is 10.0. The number of fused-ring (bicyclic) bond motifs is 1. The van der Waals surface area contributed by atoms with Crippen LogP contribution >= 0.6 is 0 Å². The Kier molecular flexibility index (Phi) is 5.10. The first kappa shape index (κ1) is 19.2. The van der Waals surface area contributed by atoms with E-state index in [1.165, 1.54) is 4.90 Å². The number of cyclic esters (lactones) is 1. The average molecular weight is 387 g/mol. The van der Waals surface area contributed by atoms with Gasteiger partial charge in [-0.15, -0.1) is 0 Å². The van der Waals surface area contributed by atoms with Crippen molar-refractivity contribution in [2.75, 3.05) is 0 Å². The summed E-state index contributed by atoms with van der Waals surface area (Å²) in [7, 11) is 0. The number of carbonyl (C=O) groups is 2. The van der Waals surface area contributed by atoms with Crippen LogP contribution in [0, 0.1) is 13.8 Å². The third-order valence-electron chi connectivity index (χ3n) is 5.60. The quantitative estimate of drug-likeness (QED) is 0.594. The van der Waals surface area contributed by atoms with Gasteiger partial charge in [-0.2, -0.15) is 0 Å². The largest absolute Gasteiger partial charge is 0.439 e. The van der Waals surface area contributed by atoms with Gasteiger partial charge in [0.2, 0.25) is 5.91 Å². The normalized spacial score (nSPS) is 18.9. The molecule has 4 nitrogen and oxygen atoms in total. The summed E-state index contributed by atoms with van der Waals surface area (Å²) in [6, 6.07) is 20.0. The number of hydrogen-bond donors (Lipinski definition) is 0. The van der Waals surface area contributed by atoms with Crippen LogP contribution in [0.15, 0.2) is 60.7 Å². The van der Waals surface area contributed by atoms with Crippen molar-refractivity contribution in [2.45, 2.75) is 45.8 Å². The Bertz CT molecular complexity index is 1060. The van der Waals surface area contributed by atoms with Gasteiger partial charge in [0.25, 0.3) is 0 Å². The second-order valence-corrected chi connectivity index (χ2v) is 7.87. The second kappa shape index (κ2) is 7.70. The zero-order valence-corrected chi connectivity index (χ0v) is 17.0. The molecule has 0 aromatic heterocycles. The summed E-state index contributed by atoms with van der Waals surface area (Å²) in [6.45, 7) is 5.92. The van der Waals surface area contributed by atoms with Gasteiger partial charge in [-0.25, -0.2) is 9.69 Å². The zero-order valence-electron chi connectivity index (χ0n) is 17.0. The number of benzene rings is 3. The van der Waals surface area contributed by atoms with Crippen LogP contribution in [0.2, 0.25) is 0 Å². The Balaban J connectivity index is 1.50. The lowest BCUT2D eigenvalue weighted by atomic mass is 9.98. The third-order valence-corrected chi connectivity index (χ3v) is 5.60. The minimum Gasteiger partial charge on any atom is -0.439 e. The second-order valence-electron chi connectivity index (χ2n) is 7.87. The smallest absolute Gasteiger partial charge is 0.417 e. The standard InChI is InChI=1S/C25H25NO3/c1-16-13-17(2)15-21(14-16)24-18(3)26(25(28)29-24)23(27)12-11-20-9-6-8-19-7-4-5-10-22(19)20/h4-10,13-15,18,24H,11-12H2,1-3H3/t18-,24-/m0/s1. The molecule has 0 spiro atoms. The Morgan fingerprint density at radius 3 is 2.45 bits per heavy atom. The molecule has 1 aliphatic heterocycles. The average Bonchev–Trinajstić information content (AvgIpc) is 2.99. The molecule has 148 valence electrons. The first-order valence-electron chi connectivity index (χ1n) is 10.0. The molecule has 0 aliphatic carbocycles. The summed E-state index contributed by atoms with van der Waals surface area (Å²) in [5.74, 6) is -0.192. The lowest BCUT2D eigenvalue weighted by molar-refractivity contribution is -0.129. The molecule has 1 heterocycles. The summed E-state index contributed by atoms with van der Waals surface area (Å²) in [4.78, 5) is 26.7. The molecule has 1 saturated heterocycles. The molecule has 1 aliphatic rings. The monoisotopic (exact) mass is 387 g/mol. The molecule has 0 radical (unpaired) electrons. The first-order chi connectivity index (χ1) is 13.9. The molecule has 3 aromatic rings. The van der Waals surface area contributed by atoms with E-state index in [4.69, 9.17) is 4.74 Å². The fourth-order valence-corrected chi connectivity index (χ4v) is 4.29. The Morgan fingerprint density at radius 2 is 1.69 bits per heavy atom. The molecule has 0 N–H and O–H groups in total. The van der Waals surface area contributed by atoms with Crippen molar-refractivity contribution in [3.8, 4) is 0 Å². The zero-order chi connectivity index (χ0) is 20.5. The van der Waals surface area contributed by atoms with E-state index in [0.717, 1.165) is 33.0 Å². The lowest BCUT2D eigenvalue weighted by Crippen LogP contribution is -2.37. The molecule has 0 unspecified atom stereocenters. The summed E-state index contributed by atoms with van der Waals surface area (Å²) in [6.07, 6.45) is -0.120. The number of ether oxygens (including phenoxy) is 1. The van der Waals surface area contributed by atoms with E-state index in [1.807, 2.05) is 57.2 Å². The van der Waals surface area contributed by atoms with Crippen molar-refractivity contribution in [3.63, 3.8) is 0 Å². The maximum absolute atomic E-state index is 12.9. The summed E-state index contributed by atoms with van der Waals surface area (Å²) in [5.41, 5.74) is 4.28. The van der Waals surface area contributed by atoms with Crippen molar-refractivity contribution in [1.82, 2.24) is 4.90 Å². The highest BCUT2D eigenvalue weighted by Crippen LogP contribution is 2.34. The van der Waals surface area contributed by atoms with Crippen LogP contribution < -0.4 is 0 Å². The summed E-state index contributed by atoms with van der Waals surface area (Å²) < 4.78 is 5.59. The SMILES string of the molecule is Cc1cc(C)cc([C@H]2OC(=O)N(C(=O)CCc3cccc4ccccc34)[C@H]2C)c1. The molecule has 4 heteroatoms. The predicted molar refractivity (Wildman–Crippen MR) is 114 cm³/mol. The predicted octanol–water partition coefficient (Wildman–Crippen LogP) is 5.50. The molecule has 3 aromatic carbocycles. The molecule has 4 rings (SSSR count). The van der Waals surface area contributed by atoms with Crippen LogP contribution in [-0.2, 0) is 16.0 Å². The van der Waals surface area contributed by atoms with Crippen LogP contribution in [0.5, 0.6) is 0 Å². The Labute approximate surface area is 171 Å². The van der Waals surface area contributed by atoms with E-state index in [9.17, 15) is 9.59 Å². The topological polar surface area (TPSA) is 46.6 Å². The van der Waals surface area contributed by atoms with Crippen LogP contribution in [0.25, 0.3) is 10.8 Å². The molecular formula is C25H25NO3. The number of imide groups is 1. The molecule has 2 atom stereocenters. The number of nitrogens with zero attached hydrogens (tertiary/aromatic N) is 1. The van der Waals surface area contributed by atoms with E-state index in [0.29, 0.717) is 6.42 Å². The van der Waals surface area contributed by atoms with Crippen LogP contribution in [-0.4, -0.2) is 22.9 Å². The summed E-state index contributed by atoms with van der Waals surface area (Å²) in [5, 5.41) is 2.30. The van der Waals surface area contributed by atoms with E-state index in [1.54, 1.807) is 0 Å². The number of amides is 2. The van der Waals surface area contributed by atoms with E-state index in [2.05, 4.69) is 24.3 Å². The van der Waals surface area contributed by atoms with Crippen molar-refractivity contribution in [3.05, 3.63) is 82.9 Å². The van der Waals surface area contributed by atoms with Gasteiger partial charge in [0, 0.05) is 6.42 Å². The molecular weight excluding hydrogens is 362 g/mol. The summed E-state index contributed by atoms with van der Waals surface area (Å²) >= 11 is 0. The minimum atomic E-state index is -0.551. The van der Waals surface area contributed by atoms with Crippen molar-refractivity contribution in [2.24, 2.45) is 0 Å². The number of hydrogen-bond acceptors (Lipinski definition) is 3. The van der Waals surface area contributed by atoms with Gasteiger partial charge < -0.3 is 4.74 Å². The van der Waals surface area contributed by atoms with E-state index >= 15 is 0 Å². The van der Waals surface area contributed by atoms with Crippen molar-refractivity contribution < 1.29 is 14.3 Å². The number of carbonyl (C=O) groups excluding carboxylic acids is 2.